The van der Waals surface area contributed by atoms with Crippen LogP contribution in [0.1, 0.15) is 30.4 Å². The van der Waals surface area contributed by atoms with E-state index in [0.717, 1.165) is 16.9 Å². The van der Waals surface area contributed by atoms with Crippen molar-refractivity contribution in [2.75, 3.05) is 20.2 Å². The molecule has 0 aliphatic carbocycles. The molecule has 1 heterocycles. The van der Waals surface area contributed by atoms with Crippen molar-refractivity contribution in [3.63, 3.8) is 0 Å². The molecule has 3 atom stereocenters. The quantitative estimate of drug-likeness (QED) is 0.649. The summed E-state index contributed by atoms with van der Waals surface area (Å²) in [6, 6.07) is 17.7. The monoisotopic (exact) mass is 413 g/mol. The van der Waals surface area contributed by atoms with Crippen molar-refractivity contribution >= 4 is 24.5 Å². The maximum absolute atomic E-state index is 13.5. The number of nitrogens with zero attached hydrogens (tertiary/aromatic N) is 1. The lowest BCUT2D eigenvalue weighted by molar-refractivity contribution is -0.146. The Hall–Kier alpha value is -2.47. The topological polar surface area (TPSA) is 66.8 Å². The van der Waals surface area contributed by atoms with Crippen molar-refractivity contribution in [2.45, 2.75) is 30.9 Å². The molecule has 5 nitrogen and oxygen atoms in total. The van der Waals surface area contributed by atoms with Crippen LogP contribution in [0, 0.1) is 5.41 Å². The summed E-state index contributed by atoms with van der Waals surface area (Å²) in [6.07, 6.45) is 1.19. The number of carbonyl (C=O) groups is 2. The SMILES string of the molecule is COc1ccc(CC(S)C2([C@@H](C)c3ccccc3)CCN(CC(=O)O)C2=O)cc1. The van der Waals surface area contributed by atoms with Gasteiger partial charge < -0.3 is 14.7 Å². The predicted molar refractivity (Wildman–Crippen MR) is 116 cm³/mol. The fourth-order valence-electron chi connectivity index (χ4n) is 4.34. The van der Waals surface area contributed by atoms with E-state index in [9.17, 15) is 14.7 Å². The number of rotatable bonds is 8. The van der Waals surface area contributed by atoms with Crippen molar-refractivity contribution in [1.82, 2.24) is 4.90 Å². The Kier molecular flexibility index (Phi) is 6.52. The Bertz CT molecular complexity index is 855. The molecule has 0 bridgehead atoms. The van der Waals surface area contributed by atoms with Crippen LogP contribution < -0.4 is 4.74 Å². The number of aliphatic carboxylic acids is 1. The van der Waals surface area contributed by atoms with Gasteiger partial charge in [-0.3, -0.25) is 9.59 Å². The molecule has 0 spiro atoms. The largest absolute Gasteiger partial charge is 0.497 e. The van der Waals surface area contributed by atoms with Crippen LogP contribution in [-0.4, -0.2) is 47.3 Å². The highest BCUT2D eigenvalue weighted by molar-refractivity contribution is 7.81. The fourth-order valence-corrected chi connectivity index (χ4v) is 5.02. The van der Waals surface area contributed by atoms with Gasteiger partial charge in [0.1, 0.15) is 12.3 Å². The van der Waals surface area contributed by atoms with Crippen LogP contribution in [0.25, 0.3) is 0 Å². The first-order valence-electron chi connectivity index (χ1n) is 9.75. The molecule has 3 rings (SSSR count). The van der Waals surface area contributed by atoms with Gasteiger partial charge in [-0.2, -0.15) is 12.6 Å². The number of likely N-dealkylation sites (tertiary alicyclic amines) is 1. The van der Waals surface area contributed by atoms with E-state index in [-0.39, 0.29) is 23.6 Å². The minimum Gasteiger partial charge on any atom is -0.497 e. The molecule has 0 radical (unpaired) electrons. The van der Waals surface area contributed by atoms with Gasteiger partial charge in [0.05, 0.1) is 12.5 Å². The van der Waals surface area contributed by atoms with Gasteiger partial charge in [-0.15, -0.1) is 0 Å². The second-order valence-corrected chi connectivity index (χ2v) is 8.23. The minimum absolute atomic E-state index is 0.0873. The third-order valence-corrected chi connectivity index (χ3v) is 6.71. The summed E-state index contributed by atoms with van der Waals surface area (Å²) >= 11 is 4.93. The molecule has 6 heteroatoms. The van der Waals surface area contributed by atoms with Gasteiger partial charge >= 0.3 is 5.97 Å². The zero-order valence-corrected chi connectivity index (χ0v) is 17.6. The number of methoxy groups -OCH3 is 1. The number of carboxylic acid groups (broad SMARTS) is 1. The minimum atomic E-state index is -0.993. The van der Waals surface area contributed by atoms with E-state index in [1.807, 2.05) is 54.6 Å². The van der Waals surface area contributed by atoms with Gasteiger partial charge in [0.2, 0.25) is 5.91 Å². The van der Waals surface area contributed by atoms with Gasteiger partial charge in [0.25, 0.3) is 0 Å². The highest BCUT2D eigenvalue weighted by Crippen LogP contribution is 2.49. The van der Waals surface area contributed by atoms with Crippen molar-refractivity contribution in [1.29, 1.82) is 0 Å². The molecule has 1 saturated heterocycles. The molecule has 2 aromatic rings. The van der Waals surface area contributed by atoms with E-state index in [4.69, 9.17) is 17.4 Å². The van der Waals surface area contributed by atoms with Crippen LogP contribution in [-0.2, 0) is 16.0 Å². The lowest BCUT2D eigenvalue weighted by Gasteiger charge is -2.39. The summed E-state index contributed by atoms with van der Waals surface area (Å²) in [6.45, 7) is 2.21. The molecule has 29 heavy (non-hydrogen) atoms. The van der Waals surface area contributed by atoms with Crippen LogP contribution >= 0.6 is 12.6 Å². The Morgan fingerprint density at radius 2 is 1.86 bits per heavy atom. The number of hydrogen-bond acceptors (Lipinski definition) is 4. The molecule has 0 aromatic heterocycles. The number of ether oxygens (including phenoxy) is 1. The number of hydrogen-bond donors (Lipinski definition) is 2. The summed E-state index contributed by atoms with van der Waals surface area (Å²) in [7, 11) is 1.63. The number of thiol groups is 1. The molecule has 1 fully saturated rings. The van der Waals surface area contributed by atoms with Gasteiger partial charge in [-0.25, -0.2) is 0 Å². The molecule has 2 aromatic carbocycles. The van der Waals surface area contributed by atoms with Gasteiger partial charge in [-0.05, 0) is 42.0 Å². The van der Waals surface area contributed by atoms with E-state index in [0.29, 0.717) is 19.4 Å². The lowest BCUT2D eigenvalue weighted by Crippen LogP contribution is -2.46. The van der Waals surface area contributed by atoms with E-state index < -0.39 is 11.4 Å². The van der Waals surface area contributed by atoms with Crippen LogP contribution in [0.5, 0.6) is 5.75 Å². The maximum Gasteiger partial charge on any atom is 0.323 e. The maximum atomic E-state index is 13.5. The Balaban J connectivity index is 1.94. The summed E-state index contributed by atoms with van der Waals surface area (Å²) in [4.78, 5) is 26.2. The zero-order chi connectivity index (χ0) is 21.0. The molecule has 0 saturated carbocycles. The molecule has 1 aliphatic heterocycles. The zero-order valence-electron chi connectivity index (χ0n) is 16.7. The first-order valence-corrected chi connectivity index (χ1v) is 10.3. The first-order chi connectivity index (χ1) is 13.9. The smallest absolute Gasteiger partial charge is 0.323 e. The van der Waals surface area contributed by atoms with Crippen LogP contribution in [0.4, 0.5) is 0 Å². The second-order valence-electron chi connectivity index (χ2n) is 7.61. The number of carboxylic acids is 1. The van der Waals surface area contributed by atoms with Crippen molar-refractivity contribution in [2.24, 2.45) is 5.41 Å². The van der Waals surface area contributed by atoms with Crippen LogP contribution in [0.3, 0.4) is 0 Å². The summed E-state index contributed by atoms with van der Waals surface area (Å²) in [5.74, 6) is -0.422. The summed E-state index contributed by atoms with van der Waals surface area (Å²) in [5, 5.41) is 8.96. The molecule has 2 unspecified atom stereocenters. The molecule has 1 N–H and O–H groups in total. The van der Waals surface area contributed by atoms with Crippen LogP contribution in [0.2, 0.25) is 0 Å². The predicted octanol–water partition coefficient (Wildman–Crippen LogP) is 3.64. The summed E-state index contributed by atoms with van der Waals surface area (Å²) in [5.41, 5.74) is 1.36. The highest BCUT2D eigenvalue weighted by atomic mass is 32.1. The third-order valence-electron chi connectivity index (χ3n) is 6.06. The van der Waals surface area contributed by atoms with E-state index in [1.54, 1.807) is 7.11 Å². The van der Waals surface area contributed by atoms with E-state index in [1.165, 1.54) is 4.90 Å². The molecular formula is C23H27NO4S. The van der Waals surface area contributed by atoms with E-state index in [2.05, 4.69) is 6.92 Å². The average Bonchev–Trinajstić information content (AvgIpc) is 3.05. The highest BCUT2D eigenvalue weighted by Gasteiger charge is 2.54. The van der Waals surface area contributed by atoms with E-state index >= 15 is 0 Å². The van der Waals surface area contributed by atoms with Gasteiger partial charge in [-0.1, -0.05) is 49.4 Å². The van der Waals surface area contributed by atoms with Crippen molar-refractivity contribution in [3.05, 3.63) is 65.7 Å². The molecular weight excluding hydrogens is 386 g/mol. The second kappa shape index (κ2) is 8.91. The number of amides is 1. The Morgan fingerprint density at radius 3 is 2.45 bits per heavy atom. The third kappa shape index (κ3) is 4.27. The standard InChI is InChI=1S/C23H27NO4S/c1-16(18-6-4-3-5-7-18)23(12-13-24(22(23)27)15-21(25)26)20(29)14-17-8-10-19(28-2)11-9-17/h3-11,16,20,29H,12-15H2,1-2H3,(H,25,26)/t16-,20?,23?/m0/s1. The normalized spacial score (nSPS) is 21.1. The number of benzene rings is 2. The summed E-state index contributed by atoms with van der Waals surface area (Å²) < 4.78 is 5.22. The van der Waals surface area contributed by atoms with Gasteiger partial charge in [0.15, 0.2) is 0 Å². The Labute approximate surface area is 177 Å². The van der Waals surface area contributed by atoms with Crippen LogP contribution in [0.15, 0.2) is 54.6 Å². The molecule has 154 valence electrons. The molecule has 1 aliphatic rings. The Morgan fingerprint density at radius 1 is 1.21 bits per heavy atom. The van der Waals surface area contributed by atoms with Crippen molar-refractivity contribution < 1.29 is 19.4 Å². The average molecular weight is 414 g/mol. The van der Waals surface area contributed by atoms with Gasteiger partial charge in [0, 0.05) is 11.8 Å². The first kappa shape index (κ1) is 21.2. The van der Waals surface area contributed by atoms with Crippen molar-refractivity contribution in [3.8, 4) is 5.75 Å². The fraction of sp³-hybridized carbons (Fsp3) is 0.391. The number of carbonyl (C=O) groups excluding carboxylic acids is 1. The lowest BCUT2D eigenvalue weighted by atomic mass is 9.68. The molecule has 1 amide bonds.